The molecular formula is C19H30N2O4. The van der Waals surface area contributed by atoms with E-state index in [1.807, 2.05) is 9.80 Å². The number of ether oxygens (including phenoxy) is 2. The molecule has 0 N–H and O–H groups in total. The van der Waals surface area contributed by atoms with Gasteiger partial charge in [0.05, 0.1) is 24.0 Å². The first-order valence-electron chi connectivity index (χ1n) is 9.85. The summed E-state index contributed by atoms with van der Waals surface area (Å²) >= 11 is 0. The monoisotopic (exact) mass is 350 g/mol. The van der Waals surface area contributed by atoms with E-state index >= 15 is 0 Å². The third-order valence-electron chi connectivity index (χ3n) is 6.85. The van der Waals surface area contributed by atoms with Gasteiger partial charge in [-0.25, -0.2) is 0 Å². The minimum absolute atomic E-state index is 0.0224. The van der Waals surface area contributed by atoms with E-state index in [2.05, 4.69) is 0 Å². The average Bonchev–Trinajstić information content (AvgIpc) is 3.27. The van der Waals surface area contributed by atoms with E-state index in [-0.39, 0.29) is 35.4 Å². The van der Waals surface area contributed by atoms with Crippen molar-refractivity contribution in [1.29, 1.82) is 0 Å². The third kappa shape index (κ3) is 3.19. The second-order valence-corrected chi connectivity index (χ2v) is 8.22. The van der Waals surface area contributed by atoms with Crippen molar-refractivity contribution in [2.24, 2.45) is 11.8 Å². The molecule has 2 amide bonds. The lowest BCUT2D eigenvalue weighted by Gasteiger charge is -2.44. The molecule has 140 valence electrons. The average molecular weight is 350 g/mol. The zero-order chi connectivity index (χ0) is 17.4. The Morgan fingerprint density at radius 2 is 1.88 bits per heavy atom. The predicted molar refractivity (Wildman–Crippen MR) is 91.9 cm³/mol. The van der Waals surface area contributed by atoms with Crippen molar-refractivity contribution in [2.75, 3.05) is 39.9 Å². The summed E-state index contributed by atoms with van der Waals surface area (Å²) in [6, 6.07) is 0. The first kappa shape index (κ1) is 17.3. The molecule has 1 aliphatic carbocycles. The Morgan fingerprint density at radius 3 is 2.52 bits per heavy atom. The van der Waals surface area contributed by atoms with Crippen molar-refractivity contribution in [1.82, 2.24) is 9.80 Å². The van der Waals surface area contributed by atoms with Crippen LogP contribution in [0.3, 0.4) is 0 Å². The van der Waals surface area contributed by atoms with Gasteiger partial charge in [0.25, 0.3) is 0 Å². The number of methoxy groups -OCH3 is 1. The largest absolute Gasteiger partial charge is 0.378 e. The molecule has 0 spiro atoms. The van der Waals surface area contributed by atoms with Crippen LogP contribution in [0.2, 0.25) is 0 Å². The van der Waals surface area contributed by atoms with Gasteiger partial charge in [-0.15, -0.1) is 0 Å². The maximum atomic E-state index is 13.0. The number of likely N-dealkylation sites (tertiary alicyclic amines) is 2. The maximum Gasteiger partial charge on any atom is 0.227 e. The molecule has 3 aliphatic heterocycles. The van der Waals surface area contributed by atoms with Crippen LogP contribution < -0.4 is 0 Å². The number of nitrogens with zero attached hydrogens (tertiary/aromatic N) is 2. The fourth-order valence-electron chi connectivity index (χ4n) is 5.03. The van der Waals surface area contributed by atoms with E-state index in [0.29, 0.717) is 26.1 Å². The van der Waals surface area contributed by atoms with E-state index < -0.39 is 0 Å². The highest BCUT2D eigenvalue weighted by molar-refractivity contribution is 5.82. The maximum absolute atomic E-state index is 13.0. The van der Waals surface area contributed by atoms with Crippen LogP contribution in [0.5, 0.6) is 0 Å². The Bertz CT molecular complexity index is 522. The topological polar surface area (TPSA) is 59.1 Å². The molecule has 4 fully saturated rings. The quantitative estimate of drug-likeness (QED) is 0.770. The Kier molecular flexibility index (Phi) is 4.75. The van der Waals surface area contributed by atoms with Gasteiger partial charge in [-0.05, 0) is 38.5 Å². The Morgan fingerprint density at radius 1 is 1.12 bits per heavy atom. The van der Waals surface area contributed by atoms with Crippen LogP contribution in [0, 0.1) is 11.8 Å². The van der Waals surface area contributed by atoms with E-state index in [1.54, 1.807) is 7.11 Å². The number of hydrogen-bond acceptors (Lipinski definition) is 4. The van der Waals surface area contributed by atoms with Crippen molar-refractivity contribution >= 4 is 11.8 Å². The second-order valence-electron chi connectivity index (χ2n) is 8.22. The van der Waals surface area contributed by atoms with Crippen LogP contribution in [0.1, 0.15) is 44.9 Å². The Labute approximate surface area is 149 Å². The third-order valence-corrected chi connectivity index (χ3v) is 6.85. The molecule has 3 atom stereocenters. The minimum Gasteiger partial charge on any atom is -0.378 e. The van der Waals surface area contributed by atoms with Crippen LogP contribution in [0.15, 0.2) is 0 Å². The summed E-state index contributed by atoms with van der Waals surface area (Å²) in [6.07, 6.45) is 6.65. The fourth-order valence-corrected chi connectivity index (χ4v) is 5.03. The number of fused-ring (bicyclic) bond motifs is 1. The van der Waals surface area contributed by atoms with Gasteiger partial charge in [0, 0.05) is 45.8 Å². The summed E-state index contributed by atoms with van der Waals surface area (Å²) < 4.78 is 11.5. The lowest BCUT2D eigenvalue weighted by atomic mass is 9.76. The molecule has 0 bridgehead atoms. The molecule has 0 unspecified atom stereocenters. The summed E-state index contributed by atoms with van der Waals surface area (Å²) in [4.78, 5) is 29.8. The molecule has 0 aromatic carbocycles. The van der Waals surface area contributed by atoms with Crippen molar-refractivity contribution < 1.29 is 19.1 Å². The lowest BCUT2D eigenvalue weighted by molar-refractivity contribution is -0.153. The number of rotatable bonds is 4. The molecule has 0 aromatic heterocycles. The smallest absolute Gasteiger partial charge is 0.227 e. The number of piperidine rings is 1. The van der Waals surface area contributed by atoms with Gasteiger partial charge in [-0.1, -0.05) is 0 Å². The van der Waals surface area contributed by atoms with Crippen molar-refractivity contribution in [3.05, 3.63) is 0 Å². The predicted octanol–water partition coefficient (Wildman–Crippen LogP) is 1.43. The van der Waals surface area contributed by atoms with Gasteiger partial charge in [-0.2, -0.15) is 0 Å². The zero-order valence-corrected chi connectivity index (χ0v) is 15.2. The van der Waals surface area contributed by atoms with Gasteiger partial charge in [0.2, 0.25) is 11.8 Å². The van der Waals surface area contributed by atoms with Gasteiger partial charge in [0.1, 0.15) is 0 Å². The van der Waals surface area contributed by atoms with Crippen molar-refractivity contribution in [3.63, 3.8) is 0 Å². The SMILES string of the molecule is COC1(CC(=O)N2C[C@H]3OCC[C@H]3[C@H](C(=O)N3CCCC3)C2)CCC1. The standard InChI is InChI=1S/C19H30N2O4/c1-24-19(6-4-7-19)11-17(22)21-12-15(14-5-10-25-16(14)13-21)18(23)20-8-2-3-9-20/h14-16H,2-13H2,1H3/t14-,15+,16+/m0/s1. The number of amides is 2. The van der Waals surface area contributed by atoms with Crippen LogP contribution in [0.25, 0.3) is 0 Å². The highest BCUT2D eigenvalue weighted by Gasteiger charge is 2.48. The zero-order valence-electron chi connectivity index (χ0n) is 15.2. The molecule has 0 aromatic rings. The summed E-state index contributed by atoms with van der Waals surface area (Å²) in [5, 5.41) is 0. The van der Waals surface area contributed by atoms with Crippen molar-refractivity contribution in [3.8, 4) is 0 Å². The molecule has 4 rings (SSSR count). The van der Waals surface area contributed by atoms with E-state index in [4.69, 9.17) is 9.47 Å². The Hall–Kier alpha value is -1.14. The first-order chi connectivity index (χ1) is 12.1. The number of hydrogen-bond donors (Lipinski definition) is 0. The molecule has 3 saturated heterocycles. The van der Waals surface area contributed by atoms with E-state index in [0.717, 1.165) is 51.6 Å². The molecule has 6 heteroatoms. The summed E-state index contributed by atoms with van der Waals surface area (Å²) in [5.74, 6) is 0.538. The van der Waals surface area contributed by atoms with Gasteiger partial charge in [0.15, 0.2) is 0 Å². The van der Waals surface area contributed by atoms with Gasteiger partial charge in [-0.3, -0.25) is 9.59 Å². The molecule has 25 heavy (non-hydrogen) atoms. The number of carbonyl (C=O) groups excluding carboxylic acids is 2. The molecule has 6 nitrogen and oxygen atoms in total. The molecular weight excluding hydrogens is 320 g/mol. The molecule has 1 saturated carbocycles. The van der Waals surface area contributed by atoms with Crippen LogP contribution in [-0.4, -0.2) is 73.2 Å². The molecule has 3 heterocycles. The van der Waals surface area contributed by atoms with E-state index in [9.17, 15) is 9.59 Å². The molecule has 4 aliphatic rings. The second kappa shape index (κ2) is 6.88. The number of carbonyl (C=O) groups is 2. The first-order valence-corrected chi connectivity index (χ1v) is 9.85. The summed E-state index contributed by atoms with van der Waals surface area (Å²) in [6.45, 7) is 3.64. The highest BCUT2D eigenvalue weighted by Crippen LogP contribution is 2.40. The van der Waals surface area contributed by atoms with Crippen molar-refractivity contribution in [2.45, 2.75) is 56.7 Å². The summed E-state index contributed by atoms with van der Waals surface area (Å²) in [5.41, 5.74) is -0.265. The normalized spacial score (nSPS) is 33.9. The van der Waals surface area contributed by atoms with Gasteiger partial charge < -0.3 is 19.3 Å². The van der Waals surface area contributed by atoms with Crippen LogP contribution >= 0.6 is 0 Å². The van der Waals surface area contributed by atoms with Crippen LogP contribution in [-0.2, 0) is 19.1 Å². The summed E-state index contributed by atoms with van der Waals surface area (Å²) in [7, 11) is 1.71. The Balaban J connectivity index is 1.46. The van der Waals surface area contributed by atoms with Crippen LogP contribution in [0.4, 0.5) is 0 Å². The van der Waals surface area contributed by atoms with E-state index in [1.165, 1.54) is 0 Å². The lowest BCUT2D eigenvalue weighted by Crippen LogP contribution is -2.56. The molecule has 0 radical (unpaired) electrons. The minimum atomic E-state index is -0.265. The highest BCUT2D eigenvalue weighted by atomic mass is 16.5. The van der Waals surface area contributed by atoms with Gasteiger partial charge >= 0.3 is 0 Å². The fraction of sp³-hybridized carbons (Fsp3) is 0.895.